The SMILES string of the molecule is CCCCN1C(=O)C(CC2CCCCC2)NC(=O)C12CCN(Cc1c(C)nn(Cc3ccccc3)c1C)CC2. The first kappa shape index (κ1) is 27.9. The highest BCUT2D eigenvalue weighted by Gasteiger charge is 2.53. The molecule has 2 amide bonds. The van der Waals surface area contributed by atoms with Crippen molar-refractivity contribution in [1.29, 1.82) is 0 Å². The van der Waals surface area contributed by atoms with Crippen molar-refractivity contribution in [2.75, 3.05) is 19.6 Å². The summed E-state index contributed by atoms with van der Waals surface area (Å²) in [7, 11) is 0. The van der Waals surface area contributed by atoms with Gasteiger partial charge in [0.25, 0.3) is 0 Å². The molecular formula is C32H47N5O2. The van der Waals surface area contributed by atoms with Crippen molar-refractivity contribution in [3.63, 3.8) is 0 Å². The number of carbonyl (C=O) groups is 2. The summed E-state index contributed by atoms with van der Waals surface area (Å²) in [6, 6.07) is 10.1. The number of hydrogen-bond donors (Lipinski definition) is 1. The molecule has 5 rings (SSSR count). The van der Waals surface area contributed by atoms with Gasteiger partial charge in [0.05, 0.1) is 12.2 Å². The summed E-state index contributed by atoms with van der Waals surface area (Å²) < 4.78 is 2.11. The van der Waals surface area contributed by atoms with E-state index < -0.39 is 5.54 Å². The predicted octanol–water partition coefficient (Wildman–Crippen LogP) is 4.98. The fraction of sp³-hybridized carbons (Fsp3) is 0.656. The number of aromatic nitrogens is 2. The number of amides is 2. The highest BCUT2D eigenvalue weighted by atomic mass is 16.2. The minimum absolute atomic E-state index is 0.0849. The highest BCUT2D eigenvalue weighted by molar-refractivity contribution is 6.00. The summed E-state index contributed by atoms with van der Waals surface area (Å²) in [5, 5.41) is 8.08. The molecule has 3 aliphatic rings. The zero-order valence-electron chi connectivity index (χ0n) is 24.3. The Hall–Kier alpha value is -2.67. The maximum atomic E-state index is 13.8. The van der Waals surface area contributed by atoms with Crippen molar-refractivity contribution < 1.29 is 9.59 Å². The van der Waals surface area contributed by atoms with E-state index in [1.54, 1.807) is 0 Å². The summed E-state index contributed by atoms with van der Waals surface area (Å²) in [6.45, 7) is 10.3. The van der Waals surface area contributed by atoms with Crippen molar-refractivity contribution in [3.8, 4) is 0 Å². The Labute approximate surface area is 234 Å². The third-order valence-corrected chi connectivity index (χ3v) is 9.61. The molecule has 1 aromatic heterocycles. The second kappa shape index (κ2) is 12.2. The monoisotopic (exact) mass is 533 g/mol. The zero-order valence-corrected chi connectivity index (χ0v) is 24.3. The number of nitrogens with zero attached hydrogens (tertiary/aromatic N) is 4. The van der Waals surface area contributed by atoms with Crippen LogP contribution in [-0.4, -0.2) is 62.6 Å². The normalized spacial score (nSPS) is 22.4. The third-order valence-electron chi connectivity index (χ3n) is 9.61. The van der Waals surface area contributed by atoms with Crippen molar-refractivity contribution in [2.45, 2.75) is 110 Å². The summed E-state index contributed by atoms with van der Waals surface area (Å²) in [4.78, 5) is 32.0. The van der Waals surface area contributed by atoms with Crippen LogP contribution in [0.2, 0.25) is 0 Å². The molecule has 39 heavy (non-hydrogen) atoms. The molecule has 1 aliphatic carbocycles. The number of aryl methyl sites for hydroxylation is 1. The number of piperazine rings is 1. The molecule has 3 heterocycles. The lowest BCUT2D eigenvalue weighted by Crippen LogP contribution is -2.73. The first-order valence-electron chi connectivity index (χ1n) is 15.3. The Bertz CT molecular complexity index is 1130. The molecule has 1 unspecified atom stereocenters. The Morgan fingerprint density at radius 3 is 2.41 bits per heavy atom. The van der Waals surface area contributed by atoms with Gasteiger partial charge in [0.15, 0.2) is 0 Å². The Balaban J connectivity index is 1.26. The van der Waals surface area contributed by atoms with E-state index in [0.29, 0.717) is 25.3 Å². The first-order valence-corrected chi connectivity index (χ1v) is 15.3. The van der Waals surface area contributed by atoms with Gasteiger partial charge in [-0.15, -0.1) is 0 Å². The predicted molar refractivity (Wildman–Crippen MR) is 154 cm³/mol. The van der Waals surface area contributed by atoms with Gasteiger partial charge in [-0.3, -0.25) is 19.2 Å². The Morgan fingerprint density at radius 1 is 1.00 bits per heavy atom. The van der Waals surface area contributed by atoms with Gasteiger partial charge >= 0.3 is 0 Å². The molecule has 1 atom stereocenters. The van der Waals surface area contributed by atoms with Gasteiger partial charge in [0, 0.05) is 37.4 Å². The second-order valence-corrected chi connectivity index (χ2v) is 12.2. The molecule has 0 bridgehead atoms. The van der Waals surface area contributed by atoms with Crippen molar-refractivity contribution in [2.24, 2.45) is 5.92 Å². The summed E-state index contributed by atoms with van der Waals surface area (Å²) >= 11 is 0. The van der Waals surface area contributed by atoms with Gasteiger partial charge in [0.1, 0.15) is 11.6 Å². The average Bonchev–Trinajstić information content (AvgIpc) is 3.21. The van der Waals surface area contributed by atoms with Gasteiger partial charge in [-0.25, -0.2) is 0 Å². The van der Waals surface area contributed by atoms with Crippen LogP contribution in [0.1, 0.15) is 93.6 Å². The molecule has 7 nitrogen and oxygen atoms in total. The number of piperidine rings is 1. The molecule has 212 valence electrons. The molecule has 2 saturated heterocycles. The van der Waals surface area contributed by atoms with E-state index in [-0.39, 0.29) is 17.9 Å². The lowest BCUT2D eigenvalue weighted by atomic mass is 9.79. The molecule has 2 aromatic rings. The molecule has 1 aromatic carbocycles. The summed E-state index contributed by atoms with van der Waals surface area (Å²) in [6.07, 6.45) is 10.3. The third kappa shape index (κ3) is 5.93. The molecule has 2 aliphatic heterocycles. The molecule has 3 fully saturated rings. The minimum atomic E-state index is -0.701. The Morgan fingerprint density at radius 2 is 1.72 bits per heavy atom. The first-order chi connectivity index (χ1) is 18.9. The summed E-state index contributed by atoms with van der Waals surface area (Å²) in [5.41, 5.74) is 4.10. The average molecular weight is 534 g/mol. The quantitative estimate of drug-likeness (QED) is 0.494. The molecule has 1 spiro atoms. The van der Waals surface area contributed by atoms with Gasteiger partial charge in [-0.05, 0) is 51.0 Å². The van der Waals surface area contributed by atoms with E-state index in [2.05, 4.69) is 59.9 Å². The van der Waals surface area contributed by atoms with Gasteiger partial charge in [-0.2, -0.15) is 5.10 Å². The van der Waals surface area contributed by atoms with E-state index >= 15 is 0 Å². The number of unbranched alkanes of at least 4 members (excludes halogenated alkanes) is 1. The number of likely N-dealkylation sites (tertiary alicyclic amines) is 1. The van der Waals surface area contributed by atoms with Crippen LogP contribution in [-0.2, 0) is 22.7 Å². The number of hydrogen-bond acceptors (Lipinski definition) is 4. The molecule has 7 heteroatoms. The van der Waals surface area contributed by atoms with Crippen molar-refractivity contribution >= 4 is 11.8 Å². The van der Waals surface area contributed by atoms with Crippen LogP contribution in [0.3, 0.4) is 0 Å². The Kier molecular flexibility index (Phi) is 8.75. The van der Waals surface area contributed by atoms with Crippen LogP contribution in [0, 0.1) is 19.8 Å². The second-order valence-electron chi connectivity index (χ2n) is 12.2. The lowest BCUT2D eigenvalue weighted by Gasteiger charge is -2.52. The van der Waals surface area contributed by atoms with Crippen LogP contribution >= 0.6 is 0 Å². The lowest BCUT2D eigenvalue weighted by molar-refractivity contribution is -0.162. The number of nitrogens with one attached hydrogen (secondary N) is 1. The van der Waals surface area contributed by atoms with Crippen LogP contribution in [0.15, 0.2) is 30.3 Å². The van der Waals surface area contributed by atoms with Gasteiger partial charge < -0.3 is 10.2 Å². The molecule has 1 N–H and O–H groups in total. The van der Waals surface area contributed by atoms with Crippen molar-refractivity contribution in [1.82, 2.24) is 24.9 Å². The van der Waals surface area contributed by atoms with Crippen LogP contribution < -0.4 is 5.32 Å². The maximum absolute atomic E-state index is 13.8. The van der Waals surface area contributed by atoms with E-state index in [9.17, 15) is 9.59 Å². The molecule has 0 radical (unpaired) electrons. The maximum Gasteiger partial charge on any atom is 0.246 e. The van der Waals surface area contributed by atoms with E-state index in [1.165, 1.54) is 48.9 Å². The molecular weight excluding hydrogens is 486 g/mol. The topological polar surface area (TPSA) is 70.5 Å². The van der Waals surface area contributed by atoms with Gasteiger partial charge in [0.2, 0.25) is 11.8 Å². The smallest absolute Gasteiger partial charge is 0.246 e. The van der Waals surface area contributed by atoms with E-state index in [1.807, 2.05) is 11.0 Å². The van der Waals surface area contributed by atoms with Gasteiger partial charge in [-0.1, -0.05) is 75.8 Å². The zero-order chi connectivity index (χ0) is 27.4. The highest BCUT2D eigenvalue weighted by Crippen LogP contribution is 2.36. The standard InChI is InChI=1S/C32H47N5O2/c1-4-5-18-36-30(38)29(21-26-12-8-6-9-13-26)33-31(39)32(36)16-19-35(20-17-32)23-28-24(2)34-37(25(28)3)22-27-14-10-7-11-15-27/h7,10-11,14-15,26,29H,4-6,8-9,12-13,16-23H2,1-3H3,(H,33,39). The van der Waals surface area contributed by atoms with E-state index in [4.69, 9.17) is 5.10 Å². The summed E-state index contributed by atoms with van der Waals surface area (Å²) in [5.74, 6) is 0.809. The fourth-order valence-corrected chi connectivity index (χ4v) is 7.11. The number of carbonyl (C=O) groups excluding carboxylic acids is 2. The van der Waals surface area contributed by atoms with Crippen LogP contribution in [0.5, 0.6) is 0 Å². The van der Waals surface area contributed by atoms with Crippen molar-refractivity contribution in [3.05, 3.63) is 52.8 Å². The fourth-order valence-electron chi connectivity index (χ4n) is 7.11. The number of rotatable bonds is 9. The largest absolute Gasteiger partial charge is 0.342 e. The van der Waals surface area contributed by atoms with Crippen LogP contribution in [0.4, 0.5) is 0 Å². The van der Waals surface area contributed by atoms with Crippen LogP contribution in [0.25, 0.3) is 0 Å². The molecule has 1 saturated carbocycles. The number of benzene rings is 1. The minimum Gasteiger partial charge on any atom is -0.342 e. The van der Waals surface area contributed by atoms with E-state index in [0.717, 1.165) is 51.1 Å².